The average Bonchev–Trinajstić information content (AvgIpc) is 3.13. The van der Waals surface area contributed by atoms with Crippen molar-refractivity contribution < 1.29 is 0 Å². The molecule has 104 valence electrons. The molecule has 0 saturated heterocycles. The van der Waals surface area contributed by atoms with E-state index in [1.165, 1.54) is 12.8 Å². The number of hydrogen-bond donors (Lipinski definition) is 0. The van der Waals surface area contributed by atoms with E-state index in [-0.39, 0.29) is 11.3 Å². The van der Waals surface area contributed by atoms with Crippen molar-refractivity contribution in [1.82, 2.24) is 24.7 Å². The fourth-order valence-electron chi connectivity index (χ4n) is 3.01. The van der Waals surface area contributed by atoms with E-state index >= 15 is 0 Å². The number of hydrogen-bond acceptors (Lipinski definition) is 5. The van der Waals surface area contributed by atoms with Crippen LogP contribution < -0.4 is 4.90 Å². The van der Waals surface area contributed by atoms with E-state index < -0.39 is 0 Å². The van der Waals surface area contributed by atoms with Crippen molar-refractivity contribution in [1.29, 1.82) is 0 Å². The van der Waals surface area contributed by atoms with Crippen LogP contribution in [-0.2, 0) is 0 Å². The summed E-state index contributed by atoms with van der Waals surface area (Å²) in [5, 5.41) is 8.69. The van der Waals surface area contributed by atoms with Crippen molar-refractivity contribution >= 4 is 17.4 Å². The van der Waals surface area contributed by atoms with Crippen LogP contribution in [0.2, 0.25) is 5.28 Å². The van der Waals surface area contributed by atoms with Gasteiger partial charge in [-0.25, -0.2) is 4.98 Å². The summed E-state index contributed by atoms with van der Waals surface area (Å²) in [6, 6.07) is 0.548. The van der Waals surface area contributed by atoms with Crippen LogP contribution in [0.4, 0.5) is 5.82 Å². The Morgan fingerprint density at radius 1 is 1.35 bits per heavy atom. The van der Waals surface area contributed by atoms with E-state index in [1.807, 2.05) is 4.57 Å². The molecule has 4 rings (SSSR count). The number of fused-ring (bicyclic) bond motifs is 3. The average molecular weight is 291 g/mol. The smallest absolute Gasteiger partial charge is 0.224 e. The molecule has 0 aromatic carbocycles. The van der Waals surface area contributed by atoms with Crippen LogP contribution in [0.1, 0.15) is 38.6 Å². The molecule has 1 unspecified atom stereocenters. The molecule has 2 aromatic heterocycles. The molecular formula is C13H15ClN6. The molecule has 2 aliphatic rings. The van der Waals surface area contributed by atoms with Gasteiger partial charge >= 0.3 is 0 Å². The van der Waals surface area contributed by atoms with Gasteiger partial charge in [-0.1, -0.05) is 0 Å². The third kappa shape index (κ3) is 1.64. The van der Waals surface area contributed by atoms with Crippen molar-refractivity contribution in [3.05, 3.63) is 23.6 Å². The largest absolute Gasteiger partial charge is 0.342 e. The number of anilines is 1. The molecule has 0 N–H and O–H groups in total. The maximum absolute atomic E-state index is 6.00. The summed E-state index contributed by atoms with van der Waals surface area (Å²) in [5.41, 5.74) is 0.903. The van der Waals surface area contributed by atoms with Crippen LogP contribution in [0.5, 0.6) is 0 Å². The van der Waals surface area contributed by atoms with Gasteiger partial charge in [0.15, 0.2) is 11.6 Å². The van der Waals surface area contributed by atoms with E-state index in [9.17, 15) is 0 Å². The third-order valence-corrected chi connectivity index (χ3v) is 4.17. The Balaban J connectivity index is 1.97. The first-order chi connectivity index (χ1) is 9.66. The van der Waals surface area contributed by atoms with Crippen molar-refractivity contribution in [2.75, 3.05) is 4.90 Å². The van der Waals surface area contributed by atoms with Crippen LogP contribution in [0.15, 0.2) is 12.5 Å². The van der Waals surface area contributed by atoms with Gasteiger partial charge in [-0.15, -0.1) is 10.2 Å². The quantitative estimate of drug-likeness (QED) is 0.795. The normalized spacial score (nSPS) is 21.0. The molecule has 1 fully saturated rings. The lowest BCUT2D eigenvalue weighted by atomic mass is 10.0. The summed E-state index contributed by atoms with van der Waals surface area (Å²) in [5.74, 6) is 2.49. The number of rotatable bonds is 2. The molecule has 0 radical (unpaired) electrons. The summed E-state index contributed by atoms with van der Waals surface area (Å²) in [6.45, 7) is 4.34. The molecule has 20 heavy (non-hydrogen) atoms. The molecular weight excluding hydrogens is 276 g/mol. The summed E-state index contributed by atoms with van der Waals surface area (Å²) < 4.78 is 1.99. The van der Waals surface area contributed by atoms with Gasteiger partial charge in [-0.05, 0) is 44.2 Å². The van der Waals surface area contributed by atoms with E-state index in [2.05, 4.69) is 38.9 Å². The SMILES string of the molecule is CC(C)N1c2nc(Cl)ncc2-n2cnnc2C1C1CC1. The fraction of sp³-hybridized carbons (Fsp3) is 0.538. The Morgan fingerprint density at radius 2 is 2.15 bits per heavy atom. The molecule has 0 bridgehead atoms. The van der Waals surface area contributed by atoms with Crippen LogP contribution in [0.3, 0.4) is 0 Å². The zero-order chi connectivity index (χ0) is 13.9. The van der Waals surface area contributed by atoms with Gasteiger partial charge < -0.3 is 4.90 Å². The molecule has 7 heteroatoms. The minimum Gasteiger partial charge on any atom is -0.342 e. The number of aromatic nitrogens is 5. The van der Waals surface area contributed by atoms with Crippen molar-refractivity contribution in [2.45, 2.75) is 38.8 Å². The first-order valence-corrected chi connectivity index (χ1v) is 7.26. The Labute approximate surface area is 121 Å². The van der Waals surface area contributed by atoms with Gasteiger partial charge in [0.2, 0.25) is 5.28 Å². The summed E-state index contributed by atoms with van der Waals surface area (Å²) in [6.07, 6.45) is 5.94. The van der Waals surface area contributed by atoms with E-state index in [1.54, 1.807) is 12.5 Å². The Bertz CT molecular complexity index is 663. The lowest BCUT2D eigenvalue weighted by molar-refractivity contribution is 0.466. The summed E-state index contributed by atoms with van der Waals surface area (Å²) >= 11 is 6.00. The molecule has 1 atom stereocenters. The third-order valence-electron chi connectivity index (χ3n) is 3.99. The Morgan fingerprint density at radius 3 is 2.85 bits per heavy atom. The first kappa shape index (κ1) is 12.1. The predicted octanol–water partition coefficient (Wildman–Crippen LogP) is 2.39. The standard InChI is InChI=1S/C13H15ClN6/c1-7(2)20-10(8-3-4-8)12-18-16-6-19(12)9-5-15-13(14)17-11(9)20/h5-8,10H,3-4H2,1-2H3. The molecule has 0 amide bonds. The molecule has 6 nitrogen and oxygen atoms in total. The highest BCUT2D eigenvalue weighted by Gasteiger charge is 2.44. The van der Waals surface area contributed by atoms with Crippen LogP contribution in [0, 0.1) is 5.92 Å². The number of halogens is 1. The van der Waals surface area contributed by atoms with Crippen LogP contribution in [0.25, 0.3) is 5.69 Å². The van der Waals surface area contributed by atoms with Gasteiger partial charge in [0.25, 0.3) is 0 Å². The van der Waals surface area contributed by atoms with Gasteiger partial charge in [-0.2, -0.15) is 4.98 Å². The van der Waals surface area contributed by atoms with Crippen molar-refractivity contribution in [2.24, 2.45) is 5.92 Å². The zero-order valence-corrected chi connectivity index (χ0v) is 12.1. The maximum atomic E-state index is 6.00. The molecule has 1 aliphatic heterocycles. The van der Waals surface area contributed by atoms with Crippen LogP contribution in [-0.4, -0.2) is 30.8 Å². The lowest BCUT2D eigenvalue weighted by Gasteiger charge is -2.40. The second-order valence-electron chi connectivity index (χ2n) is 5.69. The van der Waals surface area contributed by atoms with E-state index in [0.717, 1.165) is 17.3 Å². The number of nitrogens with zero attached hydrogens (tertiary/aromatic N) is 6. The van der Waals surface area contributed by atoms with Gasteiger partial charge in [0, 0.05) is 6.04 Å². The minimum atomic E-state index is 0.232. The molecule has 1 aliphatic carbocycles. The first-order valence-electron chi connectivity index (χ1n) is 6.88. The van der Waals surface area contributed by atoms with Crippen LogP contribution >= 0.6 is 11.6 Å². The summed E-state index contributed by atoms with van der Waals surface area (Å²) in [4.78, 5) is 10.9. The second-order valence-corrected chi connectivity index (χ2v) is 6.03. The minimum absolute atomic E-state index is 0.232. The van der Waals surface area contributed by atoms with Gasteiger partial charge in [0.05, 0.1) is 12.2 Å². The molecule has 0 spiro atoms. The molecule has 3 heterocycles. The predicted molar refractivity (Wildman–Crippen MR) is 75.0 cm³/mol. The fourth-order valence-corrected chi connectivity index (χ4v) is 3.14. The highest BCUT2D eigenvalue weighted by Crippen LogP contribution is 2.49. The Kier molecular flexibility index (Phi) is 2.51. The topological polar surface area (TPSA) is 59.7 Å². The summed E-state index contributed by atoms with van der Waals surface area (Å²) in [7, 11) is 0. The Hall–Kier alpha value is -1.69. The van der Waals surface area contributed by atoms with Crippen molar-refractivity contribution in [3.63, 3.8) is 0 Å². The molecule has 2 aromatic rings. The highest BCUT2D eigenvalue weighted by atomic mass is 35.5. The highest BCUT2D eigenvalue weighted by molar-refractivity contribution is 6.28. The second kappa shape index (κ2) is 4.15. The molecule has 1 saturated carbocycles. The lowest BCUT2D eigenvalue weighted by Crippen LogP contribution is -2.41. The van der Waals surface area contributed by atoms with E-state index in [0.29, 0.717) is 12.0 Å². The monoisotopic (exact) mass is 290 g/mol. The van der Waals surface area contributed by atoms with E-state index in [4.69, 9.17) is 11.6 Å². The zero-order valence-electron chi connectivity index (χ0n) is 11.4. The van der Waals surface area contributed by atoms with Gasteiger partial charge in [-0.3, -0.25) is 4.57 Å². The maximum Gasteiger partial charge on any atom is 0.224 e. The van der Waals surface area contributed by atoms with Crippen molar-refractivity contribution in [3.8, 4) is 5.69 Å². The van der Waals surface area contributed by atoms with Gasteiger partial charge in [0.1, 0.15) is 12.0 Å².